The standard InChI is InChI=1S/C19H22FN3O/c1-14-9-18(16-6-2-3-7-17(16)20)23(12-14)13-19(24)22-11-15-5-4-8-21-10-15/h2-8,10,14,18H,9,11-13H2,1H3,(H,22,24)/t14-,18-/m0/s1. The largest absolute Gasteiger partial charge is 0.351 e. The summed E-state index contributed by atoms with van der Waals surface area (Å²) in [7, 11) is 0. The fourth-order valence-corrected chi connectivity index (χ4v) is 3.32. The minimum atomic E-state index is -0.197. The molecule has 0 spiro atoms. The zero-order valence-electron chi connectivity index (χ0n) is 13.8. The Morgan fingerprint density at radius 3 is 2.92 bits per heavy atom. The quantitative estimate of drug-likeness (QED) is 0.918. The zero-order chi connectivity index (χ0) is 16.9. The van der Waals surface area contributed by atoms with Gasteiger partial charge in [0.25, 0.3) is 0 Å². The molecule has 4 nitrogen and oxygen atoms in total. The van der Waals surface area contributed by atoms with Crippen molar-refractivity contribution in [2.45, 2.75) is 25.9 Å². The molecule has 1 aromatic carbocycles. The highest BCUT2D eigenvalue weighted by Gasteiger charge is 2.33. The maximum atomic E-state index is 14.1. The van der Waals surface area contributed by atoms with Crippen LogP contribution in [0.4, 0.5) is 4.39 Å². The number of carbonyl (C=O) groups excluding carboxylic acids is 1. The van der Waals surface area contributed by atoms with Crippen molar-refractivity contribution < 1.29 is 9.18 Å². The minimum absolute atomic E-state index is 0.0367. The molecule has 1 N–H and O–H groups in total. The van der Waals surface area contributed by atoms with E-state index in [2.05, 4.69) is 22.1 Å². The lowest BCUT2D eigenvalue weighted by molar-refractivity contribution is -0.122. The first-order valence-electron chi connectivity index (χ1n) is 8.27. The Kier molecular flexibility index (Phi) is 5.20. The van der Waals surface area contributed by atoms with Crippen molar-refractivity contribution in [3.63, 3.8) is 0 Å². The molecule has 126 valence electrons. The van der Waals surface area contributed by atoms with Crippen LogP contribution in [0.2, 0.25) is 0 Å². The van der Waals surface area contributed by atoms with E-state index in [0.29, 0.717) is 18.0 Å². The molecule has 1 aliphatic rings. The van der Waals surface area contributed by atoms with Gasteiger partial charge in [-0.1, -0.05) is 31.2 Å². The molecule has 3 rings (SSSR count). The predicted molar refractivity (Wildman–Crippen MR) is 90.6 cm³/mol. The Morgan fingerprint density at radius 1 is 1.33 bits per heavy atom. The Morgan fingerprint density at radius 2 is 2.17 bits per heavy atom. The molecule has 2 aromatic rings. The van der Waals surface area contributed by atoms with Crippen molar-refractivity contribution in [3.05, 3.63) is 65.7 Å². The molecule has 24 heavy (non-hydrogen) atoms. The number of benzene rings is 1. The fourth-order valence-electron chi connectivity index (χ4n) is 3.32. The van der Waals surface area contributed by atoms with Gasteiger partial charge in [0.1, 0.15) is 5.82 Å². The highest BCUT2D eigenvalue weighted by molar-refractivity contribution is 5.78. The van der Waals surface area contributed by atoms with Crippen LogP contribution >= 0.6 is 0 Å². The van der Waals surface area contributed by atoms with Gasteiger partial charge in [-0.05, 0) is 30.0 Å². The maximum Gasteiger partial charge on any atom is 0.234 e. The molecule has 1 saturated heterocycles. The number of carbonyl (C=O) groups is 1. The van der Waals surface area contributed by atoms with E-state index in [1.165, 1.54) is 6.07 Å². The number of rotatable bonds is 5. The normalized spacial score (nSPS) is 20.9. The second-order valence-electron chi connectivity index (χ2n) is 6.45. The van der Waals surface area contributed by atoms with Crippen molar-refractivity contribution in [1.82, 2.24) is 15.2 Å². The topological polar surface area (TPSA) is 45.2 Å². The summed E-state index contributed by atoms with van der Waals surface area (Å²) in [5.74, 6) is 0.201. The summed E-state index contributed by atoms with van der Waals surface area (Å²) in [6, 6.07) is 10.6. The van der Waals surface area contributed by atoms with Crippen LogP contribution < -0.4 is 5.32 Å². The van der Waals surface area contributed by atoms with E-state index in [4.69, 9.17) is 0 Å². The van der Waals surface area contributed by atoms with Crippen LogP contribution in [0.25, 0.3) is 0 Å². The average molecular weight is 327 g/mol. The Balaban J connectivity index is 1.62. The van der Waals surface area contributed by atoms with Crippen molar-refractivity contribution >= 4 is 5.91 Å². The summed E-state index contributed by atoms with van der Waals surface area (Å²) in [5, 5.41) is 2.91. The van der Waals surface area contributed by atoms with E-state index in [9.17, 15) is 9.18 Å². The SMILES string of the molecule is C[C@H]1C[C@@H](c2ccccc2F)N(CC(=O)NCc2cccnc2)C1. The summed E-state index contributed by atoms with van der Waals surface area (Å²) in [6.07, 6.45) is 4.31. The monoisotopic (exact) mass is 327 g/mol. The van der Waals surface area contributed by atoms with Crippen LogP contribution in [0, 0.1) is 11.7 Å². The smallest absolute Gasteiger partial charge is 0.234 e. The lowest BCUT2D eigenvalue weighted by Crippen LogP contribution is -2.37. The van der Waals surface area contributed by atoms with Gasteiger partial charge in [-0.15, -0.1) is 0 Å². The van der Waals surface area contributed by atoms with Gasteiger partial charge in [0, 0.05) is 37.1 Å². The predicted octanol–water partition coefficient (Wildman–Crippen LogP) is 2.92. The van der Waals surface area contributed by atoms with Crippen molar-refractivity contribution in [2.24, 2.45) is 5.92 Å². The Labute approximate surface area is 141 Å². The van der Waals surface area contributed by atoms with Crippen molar-refractivity contribution in [2.75, 3.05) is 13.1 Å². The molecule has 0 saturated carbocycles. The third-order valence-electron chi connectivity index (χ3n) is 4.44. The lowest BCUT2D eigenvalue weighted by atomic mass is 10.0. The number of amides is 1. The zero-order valence-corrected chi connectivity index (χ0v) is 13.8. The summed E-state index contributed by atoms with van der Waals surface area (Å²) in [4.78, 5) is 18.4. The number of hydrogen-bond donors (Lipinski definition) is 1. The molecule has 0 aliphatic carbocycles. The van der Waals surface area contributed by atoms with Gasteiger partial charge >= 0.3 is 0 Å². The number of pyridine rings is 1. The van der Waals surface area contributed by atoms with E-state index < -0.39 is 0 Å². The van der Waals surface area contributed by atoms with Crippen LogP contribution in [0.1, 0.15) is 30.5 Å². The van der Waals surface area contributed by atoms with Crippen LogP contribution in [-0.4, -0.2) is 28.9 Å². The minimum Gasteiger partial charge on any atom is -0.351 e. The van der Waals surface area contributed by atoms with Crippen LogP contribution in [-0.2, 0) is 11.3 Å². The average Bonchev–Trinajstić information content (AvgIpc) is 2.94. The molecule has 0 unspecified atom stereocenters. The number of hydrogen-bond acceptors (Lipinski definition) is 3. The summed E-state index contributed by atoms with van der Waals surface area (Å²) < 4.78 is 14.1. The summed E-state index contributed by atoms with van der Waals surface area (Å²) in [5.41, 5.74) is 1.65. The first kappa shape index (κ1) is 16.6. The van der Waals surface area contributed by atoms with Crippen molar-refractivity contribution in [1.29, 1.82) is 0 Å². The Bertz CT molecular complexity index is 692. The first-order chi connectivity index (χ1) is 11.6. The molecular formula is C19H22FN3O. The van der Waals surface area contributed by atoms with E-state index >= 15 is 0 Å². The summed E-state index contributed by atoms with van der Waals surface area (Å²) >= 11 is 0. The second kappa shape index (κ2) is 7.53. The van der Waals surface area contributed by atoms with Gasteiger partial charge in [-0.3, -0.25) is 14.7 Å². The van der Waals surface area contributed by atoms with Gasteiger partial charge in [0.2, 0.25) is 5.91 Å². The van der Waals surface area contributed by atoms with E-state index in [-0.39, 0.29) is 24.3 Å². The van der Waals surface area contributed by atoms with Gasteiger partial charge in [-0.2, -0.15) is 0 Å². The molecule has 5 heteroatoms. The van der Waals surface area contributed by atoms with Crippen LogP contribution in [0.5, 0.6) is 0 Å². The Hall–Kier alpha value is -2.27. The van der Waals surface area contributed by atoms with Gasteiger partial charge in [0.15, 0.2) is 0 Å². The number of likely N-dealkylation sites (tertiary alicyclic amines) is 1. The van der Waals surface area contributed by atoms with Crippen LogP contribution in [0.15, 0.2) is 48.8 Å². The van der Waals surface area contributed by atoms with Crippen LogP contribution in [0.3, 0.4) is 0 Å². The fraction of sp³-hybridized carbons (Fsp3) is 0.368. The molecule has 2 atom stereocenters. The molecule has 1 aliphatic heterocycles. The van der Waals surface area contributed by atoms with E-state index in [1.807, 2.05) is 24.3 Å². The van der Waals surface area contributed by atoms with Gasteiger partial charge in [0.05, 0.1) is 6.54 Å². The van der Waals surface area contributed by atoms with Gasteiger partial charge < -0.3 is 5.32 Å². The third kappa shape index (κ3) is 3.97. The molecule has 1 aromatic heterocycles. The molecule has 2 heterocycles. The molecule has 1 fully saturated rings. The second-order valence-corrected chi connectivity index (χ2v) is 6.45. The lowest BCUT2D eigenvalue weighted by Gasteiger charge is -2.24. The number of nitrogens with zero attached hydrogens (tertiary/aromatic N) is 2. The third-order valence-corrected chi connectivity index (χ3v) is 4.44. The van der Waals surface area contributed by atoms with Gasteiger partial charge in [-0.25, -0.2) is 4.39 Å². The highest BCUT2D eigenvalue weighted by atomic mass is 19.1. The molecule has 1 amide bonds. The first-order valence-corrected chi connectivity index (χ1v) is 8.27. The molecule has 0 radical (unpaired) electrons. The molecular weight excluding hydrogens is 305 g/mol. The summed E-state index contributed by atoms with van der Waals surface area (Å²) in [6.45, 7) is 3.69. The number of halogens is 1. The van der Waals surface area contributed by atoms with Crippen molar-refractivity contribution in [3.8, 4) is 0 Å². The number of nitrogens with one attached hydrogen (secondary N) is 1. The van der Waals surface area contributed by atoms with E-state index in [0.717, 1.165) is 18.5 Å². The van der Waals surface area contributed by atoms with E-state index in [1.54, 1.807) is 18.5 Å². The number of aromatic nitrogens is 1. The molecule has 0 bridgehead atoms. The highest BCUT2D eigenvalue weighted by Crippen LogP contribution is 2.35. The maximum absolute atomic E-state index is 14.1.